The van der Waals surface area contributed by atoms with E-state index in [1.807, 2.05) is 36.4 Å². The molecule has 3 aromatic carbocycles. The zero-order chi connectivity index (χ0) is 25.1. The second-order valence-electron chi connectivity index (χ2n) is 9.13. The third-order valence-corrected chi connectivity index (χ3v) is 7.09. The molecule has 188 valence electrons. The van der Waals surface area contributed by atoms with Crippen molar-refractivity contribution in [3.05, 3.63) is 88.2 Å². The van der Waals surface area contributed by atoms with Crippen LogP contribution in [0.2, 0.25) is 5.02 Å². The largest absolute Gasteiger partial charge is 0.508 e. The Bertz CT molecular complexity index is 1260. The summed E-state index contributed by atoms with van der Waals surface area (Å²) in [6, 6.07) is 17.7. The molecule has 1 N–H and O–H groups in total. The van der Waals surface area contributed by atoms with Gasteiger partial charge in [-0.15, -0.1) is 0 Å². The lowest BCUT2D eigenvalue weighted by Gasteiger charge is -2.18. The average molecular weight is 512 g/mol. The standard InChI is InChI=1S/C29H28ClF2NO3/c30-29-24(3-1-4-26(29)32)23-12-16-35-27-17-20(34)7-10-25(27)28(23)19-5-8-21(9-6-19)36-22-11-15-33(18-22)14-2-13-31/h1,3-10,17,22,34H,2,11-16,18H2/t22-/m0/s1. The van der Waals surface area contributed by atoms with Crippen molar-refractivity contribution in [2.24, 2.45) is 0 Å². The fraction of sp³-hybridized carbons (Fsp3) is 0.310. The van der Waals surface area contributed by atoms with Gasteiger partial charge in [-0.25, -0.2) is 4.39 Å². The van der Waals surface area contributed by atoms with Crippen molar-refractivity contribution in [3.63, 3.8) is 0 Å². The summed E-state index contributed by atoms with van der Waals surface area (Å²) in [5, 5.41) is 10.1. The van der Waals surface area contributed by atoms with Crippen LogP contribution in [0.3, 0.4) is 0 Å². The van der Waals surface area contributed by atoms with Gasteiger partial charge < -0.3 is 14.6 Å². The van der Waals surface area contributed by atoms with E-state index >= 15 is 0 Å². The molecule has 4 nitrogen and oxygen atoms in total. The third kappa shape index (κ3) is 5.20. The number of hydrogen-bond donors (Lipinski definition) is 1. The van der Waals surface area contributed by atoms with Gasteiger partial charge in [0.15, 0.2) is 0 Å². The summed E-state index contributed by atoms with van der Waals surface area (Å²) in [5.41, 5.74) is 4.08. The van der Waals surface area contributed by atoms with Gasteiger partial charge >= 0.3 is 0 Å². The Kier molecular flexibility index (Phi) is 7.44. The minimum atomic E-state index is -0.474. The summed E-state index contributed by atoms with van der Waals surface area (Å²) >= 11 is 6.41. The van der Waals surface area contributed by atoms with Crippen LogP contribution < -0.4 is 9.47 Å². The second-order valence-corrected chi connectivity index (χ2v) is 9.51. The van der Waals surface area contributed by atoms with Crippen molar-refractivity contribution in [2.45, 2.75) is 25.4 Å². The summed E-state index contributed by atoms with van der Waals surface area (Å²) in [5.74, 6) is 0.962. The molecule has 2 heterocycles. The highest BCUT2D eigenvalue weighted by Gasteiger charge is 2.25. The van der Waals surface area contributed by atoms with Crippen LogP contribution in [0, 0.1) is 5.82 Å². The maximum atomic E-state index is 14.4. The minimum Gasteiger partial charge on any atom is -0.508 e. The fourth-order valence-corrected chi connectivity index (χ4v) is 5.24. The average Bonchev–Trinajstić information content (AvgIpc) is 3.24. The third-order valence-electron chi connectivity index (χ3n) is 6.71. The summed E-state index contributed by atoms with van der Waals surface area (Å²) < 4.78 is 39.1. The van der Waals surface area contributed by atoms with Crippen molar-refractivity contribution < 1.29 is 23.4 Å². The first-order chi connectivity index (χ1) is 17.5. The number of ether oxygens (including phenoxy) is 2. The maximum Gasteiger partial charge on any atom is 0.142 e. The molecule has 36 heavy (non-hydrogen) atoms. The van der Waals surface area contributed by atoms with Crippen LogP contribution in [0.25, 0.3) is 11.1 Å². The topological polar surface area (TPSA) is 41.9 Å². The first-order valence-electron chi connectivity index (χ1n) is 12.2. The van der Waals surface area contributed by atoms with Gasteiger partial charge in [-0.3, -0.25) is 9.29 Å². The van der Waals surface area contributed by atoms with Crippen LogP contribution in [0.5, 0.6) is 17.2 Å². The number of likely N-dealkylation sites (tertiary alicyclic amines) is 1. The van der Waals surface area contributed by atoms with E-state index in [1.54, 1.807) is 18.2 Å². The molecule has 0 amide bonds. The number of aromatic hydroxyl groups is 1. The Morgan fingerprint density at radius 2 is 1.92 bits per heavy atom. The summed E-state index contributed by atoms with van der Waals surface area (Å²) in [6.07, 6.45) is 2.06. The highest BCUT2D eigenvalue weighted by atomic mass is 35.5. The van der Waals surface area contributed by atoms with Gasteiger partial charge in [-0.2, -0.15) is 0 Å². The van der Waals surface area contributed by atoms with Crippen molar-refractivity contribution in [2.75, 3.05) is 32.9 Å². The van der Waals surface area contributed by atoms with E-state index in [0.29, 0.717) is 30.8 Å². The molecule has 3 aromatic rings. The van der Waals surface area contributed by atoms with Gasteiger partial charge in [0, 0.05) is 43.2 Å². The highest BCUT2D eigenvalue weighted by molar-refractivity contribution is 6.33. The lowest BCUT2D eigenvalue weighted by molar-refractivity contribution is 0.198. The summed E-state index contributed by atoms with van der Waals surface area (Å²) in [4.78, 5) is 2.23. The molecule has 0 unspecified atom stereocenters. The Hall–Kier alpha value is -3.09. The number of benzene rings is 3. The van der Waals surface area contributed by atoms with Gasteiger partial charge in [-0.05, 0) is 59.9 Å². The van der Waals surface area contributed by atoms with Crippen molar-refractivity contribution in [1.29, 1.82) is 0 Å². The van der Waals surface area contributed by atoms with Crippen molar-refractivity contribution in [3.8, 4) is 17.2 Å². The zero-order valence-electron chi connectivity index (χ0n) is 19.9. The normalized spacial score (nSPS) is 18.0. The van der Waals surface area contributed by atoms with Crippen LogP contribution in [0.4, 0.5) is 8.78 Å². The maximum absolute atomic E-state index is 14.4. The van der Waals surface area contributed by atoms with Gasteiger partial charge in [0.25, 0.3) is 0 Å². The molecule has 1 fully saturated rings. The van der Waals surface area contributed by atoms with E-state index in [-0.39, 0.29) is 23.6 Å². The van der Waals surface area contributed by atoms with Crippen LogP contribution >= 0.6 is 11.6 Å². The number of halogens is 3. The molecule has 5 rings (SSSR count). The zero-order valence-corrected chi connectivity index (χ0v) is 20.6. The lowest BCUT2D eigenvalue weighted by atomic mass is 9.88. The first kappa shape index (κ1) is 24.6. The number of fused-ring (bicyclic) bond motifs is 1. The summed E-state index contributed by atoms with van der Waals surface area (Å²) in [6.45, 7) is 2.53. The number of nitrogens with zero attached hydrogens (tertiary/aromatic N) is 1. The molecule has 0 bridgehead atoms. The van der Waals surface area contributed by atoms with Crippen LogP contribution in [-0.2, 0) is 0 Å². The molecule has 7 heteroatoms. The second kappa shape index (κ2) is 10.9. The molecule has 0 spiro atoms. The first-order valence-corrected chi connectivity index (χ1v) is 12.6. The molecule has 2 aliphatic rings. The monoisotopic (exact) mass is 511 g/mol. The smallest absolute Gasteiger partial charge is 0.142 e. The predicted molar refractivity (Wildman–Crippen MR) is 138 cm³/mol. The number of rotatable bonds is 7. The Labute approximate surface area is 214 Å². The predicted octanol–water partition coefficient (Wildman–Crippen LogP) is 6.74. The molecule has 1 atom stereocenters. The number of hydrogen-bond acceptors (Lipinski definition) is 4. The molecule has 0 aromatic heterocycles. The van der Waals surface area contributed by atoms with Crippen molar-refractivity contribution >= 4 is 22.7 Å². The molecule has 0 saturated carbocycles. The van der Waals surface area contributed by atoms with E-state index in [4.69, 9.17) is 21.1 Å². The Morgan fingerprint density at radius 1 is 1.08 bits per heavy atom. The van der Waals surface area contributed by atoms with E-state index in [9.17, 15) is 13.9 Å². The minimum absolute atomic E-state index is 0.0747. The van der Waals surface area contributed by atoms with Gasteiger partial charge in [0.2, 0.25) is 0 Å². The van der Waals surface area contributed by atoms with Crippen LogP contribution in [0.1, 0.15) is 36.0 Å². The Morgan fingerprint density at radius 3 is 2.72 bits per heavy atom. The number of phenols is 1. The van der Waals surface area contributed by atoms with Gasteiger partial charge in [0.1, 0.15) is 29.2 Å². The van der Waals surface area contributed by atoms with E-state index in [1.165, 1.54) is 6.07 Å². The molecule has 0 radical (unpaired) electrons. The lowest BCUT2D eigenvalue weighted by Crippen LogP contribution is -2.26. The molecular formula is C29H28ClF2NO3. The van der Waals surface area contributed by atoms with Gasteiger partial charge in [-0.1, -0.05) is 35.9 Å². The molecular weight excluding hydrogens is 484 g/mol. The Balaban J connectivity index is 1.50. The molecule has 2 aliphatic heterocycles. The SMILES string of the molecule is Oc1ccc2c(c1)OCCC(c1cccc(F)c1Cl)=C2c1ccc(O[C@H]2CCN(CCCF)C2)cc1. The number of alkyl halides is 1. The molecule has 1 saturated heterocycles. The highest BCUT2D eigenvalue weighted by Crippen LogP contribution is 2.44. The van der Waals surface area contributed by atoms with Gasteiger partial charge in [0.05, 0.1) is 18.3 Å². The fourth-order valence-electron chi connectivity index (χ4n) is 5.00. The quantitative estimate of drug-likeness (QED) is 0.381. The van der Waals surface area contributed by atoms with Crippen LogP contribution in [-0.4, -0.2) is 49.0 Å². The van der Waals surface area contributed by atoms with Crippen LogP contribution in [0.15, 0.2) is 60.7 Å². The van der Waals surface area contributed by atoms with E-state index in [2.05, 4.69) is 4.90 Å². The van der Waals surface area contributed by atoms with E-state index in [0.717, 1.165) is 54.1 Å². The molecule has 0 aliphatic carbocycles. The number of phenolic OH excluding ortho intramolecular Hbond substituents is 1. The summed E-state index contributed by atoms with van der Waals surface area (Å²) in [7, 11) is 0. The van der Waals surface area contributed by atoms with E-state index < -0.39 is 5.82 Å². The van der Waals surface area contributed by atoms with Crippen molar-refractivity contribution in [1.82, 2.24) is 4.90 Å².